The van der Waals surface area contributed by atoms with Gasteiger partial charge in [-0.1, -0.05) is 20.3 Å². The normalized spacial score (nSPS) is 23.2. The molecule has 214 valence electrons. The summed E-state index contributed by atoms with van der Waals surface area (Å²) in [5, 5.41) is 0. The van der Waals surface area contributed by atoms with Crippen molar-refractivity contribution in [1.29, 1.82) is 0 Å². The second-order valence-electron chi connectivity index (χ2n) is 16.1. The van der Waals surface area contributed by atoms with Crippen LogP contribution in [0.25, 0.3) is 0 Å². The Morgan fingerprint density at radius 2 is 0.694 bits per heavy atom. The third kappa shape index (κ3) is 9.24. The zero-order chi connectivity index (χ0) is 27.8. The highest BCUT2D eigenvalue weighted by Crippen LogP contribution is 2.55. The molecular formula is C32H62O4. The van der Waals surface area contributed by atoms with E-state index < -0.39 is 11.6 Å². The molecule has 2 rings (SSSR count). The fourth-order valence-electron chi connectivity index (χ4n) is 7.03. The first-order chi connectivity index (χ1) is 16.0. The Balaban J connectivity index is 2.17. The highest BCUT2D eigenvalue weighted by molar-refractivity contribution is 4.97. The van der Waals surface area contributed by atoms with Gasteiger partial charge in [-0.3, -0.25) is 0 Å². The molecule has 0 radical (unpaired) electrons. The third-order valence-electron chi connectivity index (χ3n) is 8.09. The van der Waals surface area contributed by atoms with Crippen molar-refractivity contribution < 1.29 is 18.9 Å². The van der Waals surface area contributed by atoms with Crippen molar-refractivity contribution in [3.8, 4) is 0 Å². The van der Waals surface area contributed by atoms with Gasteiger partial charge < -0.3 is 18.9 Å². The van der Waals surface area contributed by atoms with Gasteiger partial charge in [0.25, 0.3) is 0 Å². The molecule has 0 saturated heterocycles. The topological polar surface area (TPSA) is 36.9 Å². The first-order valence-corrected chi connectivity index (χ1v) is 14.8. The lowest BCUT2D eigenvalue weighted by atomic mass is 9.57. The molecule has 0 amide bonds. The van der Waals surface area contributed by atoms with Gasteiger partial charge >= 0.3 is 0 Å². The minimum atomic E-state index is -0.482. The lowest BCUT2D eigenvalue weighted by molar-refractivity contribution is -0.330. The number of ether oxygens (including phenoxy) is 4. The van der Waals surface area contributed by atoms with Crippen LogP contribution in [-0.4, -0.2) is 34.0 Å². The van der Waals surface area contributed by atoms with Crippen molar-refractivity contribution in [1.82, 2.24) is 0 Å². The second-order valence-corrected chi connectivity index (χ2v) is 16.1. The van der Waals surface area contributed by atoms with E-state index in [1.54, 1.807) is 0 Å². The molecule has 4 heteroatoms. The van der Waals surface area contributed by atoms with Crippen molar-refractivity contribution >= 4 is 0 Å². The predicted octanol–water partition coefficient (Wildman–Crippen LogP) is 9.44. The first kappa shape index (κ1) is 32.1. The molecule has 36 heavy (non-hydrogen) atoms. The summed E-state index contributed by atoms with van der Waals surface area (Å²) in [6.45, 7) is 30.8. The van der Waals surface area contributed by atoms with E-state index in [4.69, 9.17) is 18.9 Å². The lowest BCUT2D eigenvalue weighted by Gasteiger charge is -2.54. The molecule has 2 aliphatic rings. The van der Waals surface area contributed by atoms with Crippen molar-refractivity contribution in [3.05, 3.63) is 0 Å². The molecular weight excluding hydrogens is 448 g/mol. The van der Waals surface area contributed by atoms with Crippen LogP contribution in [0.1, 0.15) is 155 Å². The molecule has 0 bridgehead atoms. The maximum atomic E-state index is 6.65. The minimum Gasteiger partial charge on any atom is -0.344 e. The van der Waals surface area contributed by atoms with Crippen LogP contribution in [0.4, 0.5) is 0 Å². The molecule has 2 aliphatic carbocycles. The van der Waals surface area contributed by atoms with Crippen molar-refractivity contribution in [2.24, 2.45) is 17.3 Å². The fourth-order valence-corrected chi connectivity index (χ4v) is 7.03. The van der Waals surface area contributed by atoms with Crippen LogP contribution < -0.4 is 0 Å². The summed E-state index contributed by atoms with van der Waals surface area (Å²) in [6.07, 6.45) is 9.74. The summed E-state index contributed by atoms with van der Waals surface area (Å²) in [4.78, 5) is 0. The number of hydrogen-bond donors (Lipinski definition) is 0. The Bertz CT molecular complexity index is 590. The Kier molecular flexibility index (Phi) is 9.60. The van der Waals surface area contributed by atoms with E-state index in [9.17, 15) is 0 Å². The van der Waals surface area contributed by atoms with Crippen molar-refractivity contribution in [2.45, 2.75) is 189 Å². The van der Waals surface area contributed by atoms with Crippen molar-refractivity contribution in [2.75, 3.05) is 0 Å². The summed E-state index contributed by atoms with van der Waals surface area (Å²) < 4.78 is 26.6. The summed E-state index contributed by atoms with van der Waals surface area (Å²) in [7, 11) is 0. The summed E-state index contributed by atoms with van der Waals surface area (Å²) in [5.74, 6) is 0.411. The monoisotopic (exact) mass is 510 g/mol. The predicted molar refractivity (Wildman–Crippen MR) is 151 cm³/mol. The first-order valence-electron chi connectivity index (χ1n) is 14.8. The summed E-state index contributed by atoms with van der Waals surface area (Å²) in [5.41, 5.74) is -0.582. The minimum absolute atomic E-state index is 0.223. The van der Waals surface area contributed by atoms with Gasteiger partial charge in [-0.25, -0.2) is 0 Å². The molecule has 0 atom stereocenters. The summed E-state index contributed by atoms with van der Waals surface area (Å²) >= 11 is 0. The van der Waals surface area contributed by atoms with E-state index in [2.05, 4.69) is 96.9 Å². The Morgan fingerprint density at radius 1 is 0.472 bits per heavy atom. The van der Waals surface area contributed by atoms with Gasteiger partial charge in [-0.15, -0.1) is 0 Å². The van der Waals surface area contributed by atoms with Crippen LogP contribution in [0.5, 0.6) is 0 Å². The third-order valence-corrected chi connectivity index (χ3v) is 8.09. The van der Waals surface area contributed by atoms with E-state index in [1.165, 1.54) is 6.42 Å². The number of hydrogen-bond acceptors (Lipinski definition) is 4. The Labute approximate surface area is 224 Å². The largest absolute Gasteiger partial charge is 0.344 e. The highest BCUT2D eigenvalue weighted by Gasteiger charge is 2.51. The summed E-state index contributed by atoms with van der Waals surface area (Å²) in [6, 6.07) is 0. The van der Waals surface area contributed by atoms with Crippen LogP contribution in [0.15, 0.2) is 0 Å². The van der Waals surface area contributed by atoms with E-state index in [-0.39, 0.29) is 22.4 Å². The zero-order valence-corrected chi connectivity index (χ0v) is 26.7. The zero-order valence-electron chi connectivity index (χ0n) is 26.7. The SMILES string of the molecule is CCC(C)(C1CCC(OC(C)(C)C)(OC(C)(C)C)CC1)C1CCC(OC(C)(C)C)(OC(C)(C)C)CC1. The van der Waals surface area contributed by atoms with Gasteiger partial charge in [-0.05, 0) is 126 Å². The van der Waals surface area contributed by atoms with Crippen molar-refractivity contribution in [3.63, 3.8) is 0 Å². The molecule has 0 heterocycles. The average Bonchev–Trinajstić information content (AvgIpc) is 2.62. The molecule has 0 spiro atoms. The molecule has 0 unspecified atom stereocenters. The van der Waals surface area contributed by atoms with Crippen LogP contribution >= 0.6 is 0 Å². The van der Waals surface area contributed by atoms with E-state index >= 15 is 0 Å². The van der Waals surface area contributed by atoms with Gasteiger partial charge in [-0.2, -0.15) is 0 Å². The lowest BCUT2D eigenvalue weighted by Crippen LogP contribution is -2.52. The molecule has 0 aliphatic heterocycles. The van der Waals surface area contributed by atoms with Gasteiger partial charge in [0.2, 0.25) is 0 Å². The standard InChI is InChI=1S/C32H62O4/c1-15-30(14,24-16-20-31(21-17-24,33-26(2,3)4)34-27(5,6)7)25-18-22-32(23-19-25,35-28(8,9)10)36-29(11,12)13/h24-25H,15-23H2,1-14H3. The average molecular weight is 511 g/mol. The van der Waals surface area contributed by atoms with Crippen LogP contribution in [0.3, 0.4) is 0 Å². The Hall–Kier alpha value is -0.160. The molecule has 0 aromatic rings. The molecule has 0 aromatic heterocycles. The molecule has 0 aromatic carbocycles. The number of rotatable bonds is 7. The van der Waals surface area contributed by atoms with Gasteiger partial charge in [0.1, 0.15) is 0 Å². The van der Waals surface area contributed by atoms with Gasteiger partial charge in [0.15, 0.2) is 11.6 Å². The molecule has 4 nitrogen and oxygen atoms in total. The smallest absolute Gasteiger partial charge is 0.169 e. The van der Waals surface area contributed by atoms with Gasteiger partial charge in [0, 0.05) is 25.7 Å². The van der Waals surface area contributed by atoms with E-state index in [0.717, 1.165) is 51.4 Å². The fraction of sp³-hybridized carbons (Fsp3) is 1.00. The molecule has 2 fully saturated rings. The Morgan fingerprint density at radius 3 is 0.861 bits per heavy atom. The maximum Gasteiger partial charge on any atom is 0.169 e. The maximum absolute atomic E-state index is 6.65. The van der Waals surface area contributed by atoms with Crippen LogP contribution in [-0.2, 0) is 18.9 Å². The quantitative estimate of drug-likeness (QED) is 0.320. The van der Waals surface area contributed by atoms with Gasteiger partial charge in [0.05, 0.1) is 22.4 Å². The second kappa shape index (κ2) is 10.8. The van der Waals surface area contributed by atoms with E-state index in [0.29, 0.717) is 17.3 Å². The van der Waals surface area contributed by atoms with Crippen LogP contribution in [0, 0.1) is 17.3 Å². The highest BCUT2D eigenvalue weighted by atomic mass is 16.7. The molecule has 2 saturated carbocycles. The van der Waals surface area contributed by atoms with E-state index in [1.807, 2.05) is 0 Å². The van der Waals surface area contributed by atoms with Crippen LogP contribution in [0.2, 0.25) is 0 Å². The molecule has 0 N–H and O–H groups in total.